The molecular weight excluding hydrogens is 252 g/mol. The molecule has 0 fully saturated rings. The van der Waals surface area contributed by atoms with Crippen molar-refractivity contribution in [3.8, 4) is 5.75 Å². The minimum Gasteiger partial charge on any atom is -0.493 e. The zero-order valence-corrected chi connectivity index (χ0v) is 11.5. The summed E-state index contributed by atoms with van der Waals surface area (Å²) in [6, 6.07) is 5.07. The first-order valence-electron chi connectivity index (χ1n) is 6.04. The second-order valence-electron chi connectivity index (χ2n) is 3.85. The molecule has 1 aromatic carbocycles. The van der Waals surface area contributed by atoms with Gasteiger partial charge in [0.1, 0.15) is 5.75 Å². The number of halogens is 1. The van der Waals surface area contributed by atoms with E-state index in [0.29, 0.717) is 29.5 Å². The molecule has 0 bridgehead atoms. The van der Waals surface area contributed by atoms with Gasteiger partial charge in [0.05, 0.1) is 12.2 Å². The van der Waals surface area contributed by atoms with Crippen molar-refractivity contribution in [1.29, 1.82) is 0 Å². The fourth-order valence-electron chi connectivity index (χ4n) is 1.41. The SMILES string of the molecule is CCCOc1ccc(Cl)cc1C(=O)NCCNC. The van der Waals surface area contributed by atoms with Gasteiger partial charge < -0.3 is 15.4 Å². The highest BCUT2D eigenvalue weighted by Crippen LogP contribution is 2.23. The maximum atomic E-state index is 12.0. The molecule has 1 amide bonds. The highest BCUT2D eigenvalue weighted by molar-refractivity contribution is 6.31. The molecule has 1 aromatic rings. The Hall–Kier alpha value is -1.26. The normalized spacial score (nSPS) is 10.2. The van der Waals surface area contributed by atoms with Gasteiger partial charge in [-0.05, 0) is 31.7 Å². The molecule has 0 saturated heterocycles. The maximum Gasteiger partial charge on any atom is 0.255 e. The number of benzene rings is 1. The van der Waals surface area contributed by atoms with Crippen molar-refractivity contribution in [2.75, 3.05) is 26.7 Å². The molecule has 2 N–H and O–H groups in total. The van der Waals surface area contributed by atoms with Gasteiger partial charge in [-0.3, -0.25) is 4.79 Å². The standard InChI is InChI=1S/C13H19ClN2O2/c1-3-8-18-12-5-4-10(14)9-11(12)13(17)16-7-6-15-2/h4-5,9,15H,3,6-8H2,1-2H3,(H,16,17). The molecule has 0 saturated carbocycles. The van der Waals surface area contributed by atoms with Gasteiger partial charge in [-0.25, -0.2) is 0 Å². The predicted octanol–water partition coefficient (Wildman–Crippen LogP) is 2.08. The Bertz CT molecular complexity index is 397. The molecule has 0 atom stereocenters. The maximum absolute atomic E-state index is 12.0. The number of carbonyl (C=O) groups is 1. The fourth-order valence-corrected chi connectivity index (χ4v) is 1.59. The Morgan fingerprint density at radius 1 is 1.39 bits per heavy atom. The van der Waals surface area contributed by atoms with Crippen molar-refractivity contribution >= 4 is 17.5 Å². The van der Waals surface area contributed by atoms with Gasteiger partial charge in [0.15, 0.2) is 0 Å². The summed E-state index contributed by atoms with van der Waals surface area (Å²) in [7, 11) is 1.83. The average Bonchev–Trinajstić information content (AvgIpc) is 2.37. The molecule has 0 aromatic heterocycles. The van der Waals surface area contributed by atoms with E-state index in [0.717, 1.165) is 13.0 Å². The van der Waals surface area contributed by atoms with E-state index in [1.54, 1.807) is 18.2 Å². The van der Waals surface area contributed by atoms with Crippen LogP contribution in [0.3, 0.4) is 0 Å². The van der Waals surface area contributed by atoms with E-state index in [4.69, 9.17) is 16.3 Å². The second kappa shape index (κ2) is 7.95. The Labute approximate surface area is 113 Å². The minimum atomic E-state index is -0.168. The van der Waals surface area contributed by atoms with Crippen LogP contribution in [-0.2, 0) is 0 Å². The zero-order valence-electron chi connectivity index (χ0n) is 10.8. The molecule has 18 heavy (non-hydrogen) atoms. The molecule has 100 valence electrons. The van der Waals surface area contributed by atoms with Crippen molar-refractivity contribution in [2.45, 2.75) is 13.3 Å². The topological polar surface area (TPSA) is 50.4 Å². The molecule has 0 spiro atoms. The number of nitrogens with one attached hydrogen (secondary N) is 2. The predicted molar refractivity (Wildman–Crippen MR) is 73.5 cm³/mol. The van der Waals surface area contributed by atoms with Crippen molar-refractivity contribution in [3.63, 3.8) is 0 Å². The van der Waals surface area contributed by atoms with Crippen molar-refractivity contribution < 1.29 is 9.53 Å². The quantitative estimate of drug-likeness (QED) is 0.746. The molecule has 0 aliphatic carbocycles. The molecule has 0 aliphatic heterocycles. The van der Waals surface area contributed by atoms with E-state index in [1.165, 1.54) is 0 Å². The third-order valence-corrected chi connectivity index (χ3v) is 2.54. The molecule has 0 heterocycles. The number of likely N-dealkylation sites (N-methyl/N-ethyl adjacent to an activating group) is 1. The summed E-state index contributed by atoms with van der Waals surface area (Å²) < 4.78 is 5.53. The molecule has 4 nitrogen and oxygen atoms in total. The summed E-state index contributed by atoms with van der Waals surface area (Å²) in [5.74, 6) is 0.405. The second-order valence-corrected chi connectivity index (χ2v) is 4.28. The molecule has 0 radical (unpaired) electrons. The number of hydrogen-bond acceptors (Lipinski definition) is 3. The minimum absolute atomic E-state index is 0.168. The summed E-state index contributed by atoms with van der Waals surface area (Å²) in [5, 5.41) is 6.29. The van der Waals surface area contributed by atoms with Crippen LogP contribution in [-0.4, -0.2) is 32.7 Å². The highest BCUT2D eigenvalue weighted by atomic mass is 35.5. The van der Waals surface area contributed by atoms with E-state index in [2.05, 4.69) is 10.6 Å². The van der Waals surface area contributed by atoms with Gasteiger partial charge in [0.25, 0.3) is 5.91 Å². The summed E-state index contributed by atoms with van der Waals surface area (Å²) in [4.78, 5) is 12.0. The molecule has 5 heteroatoms. The van der Waals surface area contributed by atoms with Gasteiger partial charge >= 0.3 is 0 Å². The Morgan fingerprint density at radius 2 is 2.17 bits per heavy atom. The fraction of sp³-hybridized carbons (Fsp3) is 0.462. The van der Waals surface area contributed by atoms with E-state index >= 15 is 0 Å². The van der Waals surface area contributed by atoms with Gasteiger partial charge in [-0.15, -0.1) is 0 Å². The first-order valence-corrected chi connectivity index (χ1v) is 6.42. The Balaban J connectivity index is 2.76. The average molecular weight is 271 g/mol. The largest absolute Gasteiger partial charge is 0.493 e. The Kier molecular flexibility index (Phi) is 6.54. The Morgan fingerprint density at radius 3 is 2.83 bits per heavy atom. The van der Waals surface area contributed by atoms with Crippen LogP contribution in [0.25, 0.3) is 0 Å². The molecule has 1 rings (SSSR count). The number of amides is 1. The number of rotatable bonds is 7. The smallest absolute Gasteiger partial charge is 0.255 e. The third-order valence-electron chi connectivity index (χ3n) is 2.31. The lowest BCUT2D eigenvalue weighted by molar-refractivity contribution is 0.0950. The highest BCUT2D eigenvalue weighted by Gasteiger charge is 2.12. The third kappa shape index (κ3) is 4.55. The number of hydrogen-bond donors (Lipinski definition) is 2. The van der Waals surface area contributed by atoms with Crippen molar-refractivity contribution in [1.82, 2.24) is 10.6 Å². The summed E-state index contributed by atoms with van der Waals surface area (Å²) in [6.07, 6.45) is 0.892. The molecular formula is C13H19ClN2O2. The van der Waals surface area contributed by atoms with Gasteiger partial charge in [0.2, 0.25) is 0 Å². The lowest BCUT2D eigenvalue weighted by Gasteiger charge is -2.11. The molecule has 0 aliphatic rings. The van der Waals surface area contributed by atoms with E-state index < -0.39 is 0 Å². The van der Waals surface area contributed by atoms with E-state index in [9.17, 15) is 4.79 Å². The van der Waals surface area contributed by atoms with Crippen LogP contribution >= 0.6 is 11.6 Å². The van der Waals surface area contributed by atoms with Gasteiger partial charge in [-0.1, -0.05) is 18.5 Å². The van der Waals surface area contributed by atoms with Crippen LogP contribution in [0.4, 0.5) is 0 Å². The van der Waals surface area contributed by atoms with Gasteiger partial charge in [-0.2, -0.15) is 0 Å². The van der Waals surface area contributed by atoms with Crippen LogP contribution in [0.2, 0.25) is 5.02 Å². The van der Waals surface area contributed by atoms with Crippen molar-refractivity contribution in [2.24, 2.45) is 0 Å². The van der Waals surface area contributed by atoms with Crippen LogP contribution in [0.15, 0.2) is 18.2 Å². The van der Waals surface area contributed by atoms with Crippen LogP contribution in [0.5, 0.6) is 5.75 Å². The lowest BCUT2D eigenvalue weighted by atomic mass is 10.2. The van der Waals surface area contributed by atoms with E-state index in [-0.39, 0.29) is 5.91 Å². The van der Waals surface area contributed by atoms with Crippen LogP contribution in [0, 0.1) is 0 Å². The summed E-state index contributed by atoms with van der Waals surface area (Å²) >= 11 is 5.91. The first kappa shape index (κ1) is 14.8. The van der Waals surface area contributed by atoms with Crippen molar-refractivity contribution in [3.05, 3.63) is 28.8 Å². The number of ether oxygens (including phenoxy) is 1. The van der Waals surface area contributed by atoms with E-state index in [1.807, 2.05) is 14.0 Å². The monoisotopic (exact) mass is 270 g/mol. The molecule has 0 unspecified atom stereocenters. The zero-order chi connectivity index (χ0) is 13.4. The lowest BCUT2D eigenvalue weighted by Crippen LogP contribution is -2.30. The van der Waals surface area contributed by atoms with Crippen LogP contribution in [0.1, 0.15) is 23.7 Å². The number of carbonyl (C=O) groups excluding carboxylic acids is 1. The summed E-state index contributed by atoms with van der Waals surface area (Å²) in [5.41, 5.74) is 0.479. The van der Waals surface area contributed by atoms with Crippen LogP contribution < -0.4 is 15.4 Å². The first-order chi connectivity index (χ1) is 8.69. The van der Waals surface area contributed by atoms with Gasteiger partial charge in [0, 0.05) is 18.1 Å². The summed E-state index contributed by atoms with van der Waals surface area (Å²) in [6.45, 7) is 3.88.